The minimum absolute atomic E-state index is 0.328. The molecule has 0 radical (unpaired) electrons. The summed E-state index contributed by atoms with van der Waals surface area (Å²) in [6.07, 6.45) is 2.53. The van der Waals surface area contributed by atoms with Crippen molar-refractivity contribution in [3.63, 3.8) is 0 Å². The van der Waals surface area contributed by atoms with Gasteiger partial charge in [0.25, 0.3) is 0 Å². The molecule has 110 valence electrons. The van der Waals surface area contributed by atoms with E-state index in [0.717, 1.165) is 17.9 Å². The number of ether oxygens (including phenoxy) is 1. The van der Waals surface area contributed by atoms with E-state index in [2.05, 4.69) is 34.3 Å². The number of carbonyl (C=O) groups is 1. The molecule has 1 aromatic heterocycles. The van der Waals surface area contributed by atoms with Gasteiger partial charge in [0.2, 0.25) is 0 Å². The van der Waals surface area contributed by atoms with Crippen LogP contribution in [0.2, 0.25) is 0 Å². The number of benzene rings is 1. The molecule has 2 heterocycles. The third kappa shape index (κ3) is 3.14. The first-order chi connectivity index (χ1) is 10.3. The molecule has 1 aliphatic heterocycles. The van der Waals surface area contributed by atoms with Crippen LogP contribution in [0, 0.1) is 0 Å². The second-order valence-corrected chi connectivity index (χ2v) is 6.04. The second-order valence-electron chi connectivity index (χ2n) is 4.90. The Kier molecular flexibility index (Phi) is 4.31. The van der Waals surface area contributed by atoms with Crippen molar-refractivity contribution in [2.75, 3.05) is 12.9 Å². The van der Waals surface area contributed by atoms with Gasteiger partial charge in [-0.1, -0.05) is 18.2 Å². The summed E-state index contributed by atoms with van der Waals surface area (Å²) in [6, 6.07) is 10.5. The van der Waals surface area contributed by atoms with E-state index in [4.69, 9.17) is 4.42 Å². The molecule has 0 bridgehead atoms. The molecule has 0 fully saturated rings. The van der Waals surface area contributed by atoms with Gasteiger partial charge in [-0.05, 0) is 29.9 Å². The van der Waals surface area contributed by atoms with E-state index in [9.17, 15) is 4.79 Å². The molecule has 1 atom stereocenters. The standard InChI is InChI=1S/C16H17NO3S/c1-19-16(18)11-8-12(20-10-11)9-17-14-6-7-21-15-5-3-2-4-13(14)15/h2-5,8,10,14,17H,6-7,9H2,1H3. The number of methoxy groups -OCH3 is 1. The number of furan rings is 1. The summed E-state index contributed by atoms with van der Waals surface area (Å²) in [4.78, 5) is 12.7. The molecule has 0 saturated heterocycles. The van der Waals surface area contributed by atoms with E-state index in [-0.39, 0.29) is 5.97 Å². The van der Waals surface area contributed by atoms with Gasteiger partial charge in [0.1, 0.15) is 12.0 Å². The van der Waals surface area contributed by atoms with Crippen molar-refractivity contribution in [2.24, 2.45) is 0 Å². The van der Waals surface area contributed by atoms with Crippen LogP contribution in [0.4, 0.5) is 0 Å². The van der Waals surface area contributed by atoms with Crippen LogP contribution in [0.5, 0.6) is 0 Å². The minimum atomic E-state index is -0.371. The van der Waals surface area contributed by atoms with Crippen LogP contribution in [0.15, 0.2) is 45.9 Å². The van der Waals surface area contributed by atoms with Crippen molar-refractivity contribution in [3.8, 4) is 0 Å². The highest BCUT2D eigenvalue weighted by atomic mass is 32.2. The average Bonchev–Trinajstić information content (AvgIpc) is 3.01. The van der Waals surface area contributed by atoms with Crippen LogP contribution >= 0.6 is 11.8 Å². The summed E-state index contributed by atoms with van der Waals surface area (Å²) in [6.45, 7) is 0.598. The lowest BCUT2D eigenvalue weighted by Crippen LogP contribution is -2.24. The normalized spacial score (nSPS) is 17.3. The minimum Gasteiger partial charge on any atom is -0.467 e. The average molecular weight is 303 g/mol. The number of esters is 1. The molecule has 2 aromatic rings. The van der Waals surface area contributed by atoms with E-state index >= 15 is 0 Å². The summed E-state index contributed by atoms with van der Waals surface area (Å²) in [5.41, 5.74) is 1.79. The molecule has 0 aliphatic carbocycles. The number of rotatable bonds is 4. The number of hydrogen-bond donors (Lipinski definition) is 1. The van der Waals surface area contributed by atoms with Gasteiger partial charge in [-0.15, -0.1) is 11.8 Å². The highest BCUT2D eigenvalue weighted by molar-refractivity contribution is 7.99. The zero-order chi connectivity index (χ0) is 14.7. The van der Waals surface area contributed by atoms with Crippen molar-refractivity contribution < 1.29 is 13.9 Å². The largest absolute Gasteiger partial charge is 0.467 e. The van der Waals surface area contributed by atoms with Crippen molar-refractivity contribution in [2.45, 2.75) is 23.9 Å². The molecule has 0 amide bonds. The molecule has 3 rings (SSSR count). The molecule has 0 spiro atoms. The zero-order valence-corrected chi connectivity index (χ0v) is 12.6. The Labute approximate surface area is 127 Å². The molecule has 21 heavy (non-hydrogen) atoms. The SMILES string of the molecule is COC(=O)c1coc(CNC2CCSc3ccccc32)c1. The maximum Gasteiger partial charge on any atom is 0.341 e. The quantitative estimate of drug-likeness (QED) is 0.877. The van der Waals surface area contributed by atoms with E-state index in [1.54, 1.807) is 6.07 Å². The summed E-state index contributed by atoms with van der Waals surface area (Å²) < 4.78 is 10.1. The molecule has 1 aliphatic rings. The van der Waals surface area contributed by atoms with Crippen LogP contribution in [0.3, 0.4) is 0 Å². The molecule has 1 aromatic carbocycles. The Balaban J connectivity index is 1.66. The Hall–Kier alpha value is -1.72. The number of hydrogen-bond acceptors (Lipinski definition) is 5. The lowest BCUT2D eigenvalue weighted by atomic mass is 10.0. The smallest absolute Gasteiger partial charge is 0.341 e. The molecule has 0 saturated carbocycles. The van der Waals surface area contributed by atoms with Gasteiger partial charge in [0.05, 0.1) is 19.2 Å². The predicted molar refractivity (Wildman–Crippen MR) is 81.4 cm³/mol. The molecular weight excluding hydrogens is 286 g/mol. The lowest BCUT2D eigenvalue weighted by Gasteiger charge is -2.25. The van der Waals surface area contributed by atoms with Gasteiger partial charge in [-0.2, -0.15) is 0 Å². The van der Waals surface area contributed by atoms with E-state index in [1.165, 1.54) is 23.8 Å². The first-order valence-corrected chi connectivity index (χ1v) is 7.87. The van der Waals surface area contributed by atoms with Crippen LogP contribution < -0.4 is 5.32 Å². The molecule has 4 nitrogen and oxygen atoms in total. The fourth-order valence-corrected chi connectivity index (χ4v) is 3.60. The Bertz CT molecular complexity index is 638. The van der Waals surface area contributed by atoms with E-state index in [1.807, 2.05) is 11.8 Å². The Morgan fingerprint density at radius 1 is 1.48 bits per heavy atom. The first kappa shape index (κ1) is 14.2. The topological polar surface area (TPSA) is 51.5 Å². The van der Waals surface area contributed by atoms with Crippen molar-refractivity contribution in [1.29, 1.82) is 0 Å². The summed E-state index contributed by atoms with van der Waals surface area (Å²) >= 11 is 1.90. The summed E-state index contributed by atoms with van der Waals surface area (Å²) in [5, 5.41) is 3.51. The monoisotopic (exact) mass is 303 g/mol. The van der Waals surface area contributed by atoms with Crippen molar-refractivity contribution in [3.05, 3.63) is 53.5 Å². The highest BCUT2D eigenvalue weighted by Crippen LogP contribution is 2.35. The van der Waals surface area contributed by atoms with E-state index in [0.29, 0.717) is 18.2 Å². The first-order valence-electron chi connectivity index (χ1n) is 6.89. The number of nitrogens with one attached hydrogen (secondary N) is 1. The van der Waals surface area contributed by atoms with Gasteiger partial charge in [-0.25, -0.2) is 4.79 Å². The van der Waals surface area contributed by atoms with Crippen LogP contribution in [0.25, 0.3) is 0 Å². The van der Waals surface area contributed by atoms with E-state index < -0.39 is 0 Å². The molecule has 5 heteroatoms. The Morgan fingerprint density at radius 2 is 2.33 bits per heavy atom. The fraction of sp³-hybridized carbons (Fsp3) is 0.312. The number of carbonyl (C=O) groups excluding carboxylic acids is 1. The third-order valence-electron chi connectivity index (χ3n) is 3.56. The lowest BCUT2D eigenvalue weighted by molar-refractivity contribution is 0.0600. The van der Waals surface area contributed by atoms with Gasteiger partial charge < -0.3 is 14.5 Å². The number of thioether (sulfide) groups is 1. The third-order valence-corrected chi connectivity index (χ3v) is 4.68. The second kappa shape index (κ2) is 6.37. The van der Waals surface area contributed by atoms with Crippen molar-refractivity contribution in [1.82, 2.24) is 5.32 Å². The molecule has 1 unspecified atom stereocenters. The fourth-order valence-electron chi connectivity index (χ4n) is 2.48. The predicted octanol–water partition coefficient (Wildman–Crippen LogP) is 3.39. The van der Waals surface area contributed by atoms with Crippen LogP contribution in [0.1, 0.15) is 34.1 Å². The summed E-state index contributed by atoms with van der Waals surface area (Å²) in [7, 11) is 1.36. The van der Waals surface area contributed by atoms with Gasteiger partial charge in [0, 0.05) is 10.9 Å². The molecular formula is C16H17NO3S. The maximum absolute atomic E-state index is 11.4. The van der Waals surface area contributed by atoms with Gasteiger partial charge in [0.15, 0.2) is 0 Å². The zero-order valence-electron chi connectivity index (χ0n) is 11.8. The van der Waals surface area contributed by atoms with Crippen LogP contribution in [-0.2, 0) is 11.3 Å². The maximum atomic E-state index is 11.4. The van der Waals surface area contributed by atoms with Gasteiger partial charge >= 0.3 is 5.97 Å². The molecule has 1 N–H and O–H groups in total. The van der Waals surface area contributed by atoms with Gasteiger partial charge in [-0.3, -0.25) is 0 Å². The number of fused-ring (bicyclic) bond motifs is 1. The van der Waals surface area contributed by atoms with Crippen molar-refractivity contribution >= 4 is 17.7 Å². The highest BCUT2D eigenvalue weighted by Gasteiger charge is 2.20. The summed E-state index contributed by atoms with van der Waals surface area (Å²) in [5.74, 6) is 1.48. The van der Waals surface area contributed by atoms with Crippen LogP contribution in [-0.4, -0.2) is 18.8 Å². The Morgan fingerprint density at radius 3 is 3.19 bits per heavy atom.